The zero-order valence-corrected chi connectivity index (χ0v) is 9.18. The van der Waals surface area contributed by atoms with Crippen LogP contribution >= 0.6 is 0 Å². The van der Waals surface area contributed by atoms with Crippen LogP contribution in [0.1, 0.15) is 18.6 Å². The Labute approximate surface area is 94.7 Å². The zero-order valence-electron chi connectivity index (χ0n) is 9.18. The number of ether oxygens (including phenoxy) is 2. The second-order valence-corrected chi connectivity index (χ2v) is 3.89. The van der Waals surface area contributed by atoms with Crippen LogP contribution in [0.3, 0.4) is 0 Å². The molecule has 0 bridgehead atoms. The first-order valence-electron chi connectivity index (χ1n) is 5.21. The Morgan fingerprint density at radius 3 is 2.62 bits per heavy atom. The highest BCUT2D eigenvalue weighted by Gasteiger charge is 2.36. The summed E-state index contributed by atoms with van der Waals surface area (Å²) >= 11 is 0. The monoisotopic (exact) mass is 218 g/mol. The molecule has 1 heterocycles. The van der Waals surface area contributed by atoms with Crippen LogP contribution in [0.4, 0.5) is 0 Å². The fraction of sp³-hybridized carbons (Fsp3) is 0.308. The number of epoxide rings is 1. The molecule has 84 valence electrons. The molecule has 1 saturated heterocycles. The summed E-state index contributed by atoms with van der Waals surface area (Å²) in [4.78, 5) is 11.5. The smallest absolute Gasteiger partial charge is 0.333 e. The molecule has 1 aliphatic rings. The van der Waals surface area contributed by atoms with E-state index in [4.69, 9.17) is 9.47 Å². The van der Waals surface area contributed by atoms with Crippen molar-refractivity contribution in [3.05, 3.63) is 48.0 Å². The van der Waals surface area contributed by atoms with Crippen molar-refractivity contribution in [2.24, 2.45) is 0 Å². The first-order chi connectivity index (χ1) is 7.68. The van der Waals surface area contributed by atoms with E-state index in [0.29, 0.717) is 12.2 Å². The van der Waals surface area contributed by atoms with Crippen molar-refractivity contribution in [2.45, 2.75) is 19.1 Å². The van der Waals surface area contributed by atoms with Crippen LogP contribution in [-0.4, -0.2) is 18.7 Å². The van der Waals surface area contributed by atoms with E-state index in [2.05, 4.69) is 6.58 Å². The van der Waals surface area contributed by atoms with E-state index in [1.165, 1.54) is 0 Å². The maximum Gasteiger partial charge on any atom is 0.333 e. The van der Waals surface area contributed by atoms with Gasteiger partial charge in [0.05, 0.1) is 6.61 Å². The molecule has 0 saturated carbocycles. The van der Waals surface area contributed by atoms with Crippen LogP contribution in [0.5, 0.6) is 0 Å². The Bertz CT molecular complexity index is 393. The summed E-state index contributed by atoms with van der Waals surface area (Å²) in [6, 6.07) is 9.61. The van der Waals surface area contributed by atoms with Gasteiger partial charge in [0.25, 0.3) is 0 Å². The lowest BCUT2D eigenvalue weighted by atomic mass is 10.1. The van der Waals surface area contributed by atoms with Gasteiger partial charge in [0, 0.05) is 5.57 Å². The van der Waals surface area contributed by atoms with Gasteiger partial charge in [-0.3, -0.25) is 0 Å². The van der Waals surface area contributed by atoms with E-state index < -0.39 is 0 Å². The Morgan fingerprint density at radius 2 is 2.12 bits per heavy atom. The quantitative estimate of drug-likeness (QED) is 0.442. The van der Waals surface area contributed by atoms with Crippen molar-refractivity contribution in [2.75, 3.05) is 6.61 Å². The molecular formula is C13H14O3. The molecule has 1 aromatic rings. The Kier molecular flexibility index (Phi) is 3.06. The van der Waals surface area contributed by atoms with E-state index in [1.807, 2.05) is 30.3 Å². The summed E-state index contributed by atoms with van der Waals surface area (Å²) in [5.74, 6) is -0.371. The molecule has 0 amide bonds. The minimum absolute atomic E-state index is 0.00861. The van der Waals surface area contributed by atoms with Gasteiger partial charge in [-0.15, -0.1) is 0 Å². The molecule has 2 unspecified atom stereocenters. The van der Waals surface area contributed by atoms with Crippen LogP contribution in [0.2, 0.25) is 0 Å². The minimum Gasteiger partial charge on any atom is -0.451 e. The number of carbonyl (C=O) groups is 1. The van der Waals surface area contributed by atoms with Gasteiger partial charge in [0.15, 0.2) is 6.10 Å². The van der Waals surface area contributed by atoms with Crippen molar-refractivity contribution in [3.63, 3.8) is 0 Å². The van der Waals surface area contributed by atoms with Crippen molar-refractivity contribution in [3.8, 4) is 0 Å². The molecule has 3 nitrogen and oxygen atoms in total. The summed E-state index contributed by atoms with van der Waals surface area (Å²) in [6.45, 7) is 5.85. The summed E-state index contributed by atoms with van der Waals surface area (Å²) in [5, 5.41) is 0. The van der Waals surface area contributed by atoms with Crippen LogP contribution in [0.25, 0.3) is 0 Å². The second-order valence-electron chi connectivity index (χ2n) is 3.89. The van der Waals surface area contributed by atoms with E-state index in [1.54, 1.807) is 6.92 Å². The van der Waals surface area contributed by atoms with Crippen molar-refractivity contribution in [1.29, 1.82) is 0 Å². The number of hydrogen-bond acceptors (Lipinski definition) is 3. The number of carbonyl (C=O) groups excluding carboxylic acids is 1. The SMILES string of the molecule is C=C(C)C(=O)OC(c1ccccc1)C1CO1. The molecule has 16 heavy (non-hydrogen) atoms. The van der Waals surface area contributed by atoms with Crippen molar-refractivity contribution >= 4 is 5.97 Å². The molecule has 1 aromatic carbocycles. The van der Waals surface area contributed by atoms with Crippen molar-refractivity contribution in [1.82, 2.24) is 0 Å². The standard InChI is InChI=1S/C13H14O3/c1-9(2)13(14)16-12(11-8-15-11)10-6-4-3-5-7-10/h3-7,11-12H,1,8H2,2H3. The molecular weight excluding hydrogens is 204 g/mol. The summed E-state index contributed by atoms with van der Waals surface area (Å²) in [7, 11) is 0. The van der Waals surface area contributed by atoms with Gasteiger partial charge in [-0.2, -0.15) is 0 Å². The van der Waals surface area contributed by atoms with E-state index >= 15 is 0 Å². The van der Waals surface area contributed by atoms with E-state index in [0.717, 1.165) is 5.56 Å². The number of rotatable bonds is 4. The average Bonchev–Trinajstić information content (AvgIpc) is 3.10. The van der Waals surface area contributed by atoms with Crippen LogP contribution in [0, 0.1) is 0 Å². The normalized spacial score (nSPS) is 19.9. The first kappa shape index (κ1) is 10.9. The maximum absolute atomic E-state index is 11.5. The predicted octanol–water partition coefficient (Wildman–Crippen LogP) is 2.25. The van der Waals surface area contributed by atoms with Gasteiger partial charge in [-0.05, 0) is 12.5 Å². The lowest BCUT2D eigenvalue weighted by Gasteiger charge is -2.16. The summed E-state index contributed by atoms with van der Waals surface area (Å²) < 4.78 is 10.6. The Morgan fingerprint density at radius 1 is 1.50 bits per heavy atom. The van der Waals surface area contributed by atoms with Gasteiger partial charge in [-0.25, -0.2) is 4.79 Å². The van der Waals surface area contributed by atoms with Gasteiger partial charge >= 0.3 is 5.97 Å². The fourth-order valence-corrected chi connectivity index (χ4v) is 1.45. The van der Waals surface area contributed by atoms with Crippen LogP contribution in [0.15, 0.2) is 42.5 Å². The van der Waals surface area contributed by atoms with Gasteiger partial charge in [0.1, 0.15) is 6.10 Å². The molecule has 0 N–H and O–H groups in total. The first-order valence-corrected chi connectivity index (χ1v) is 5.21. The topological polar surface area (TPSA) is 38.8 Å². The number of esters is 1. The number of hydrogen-bond donors (Lipinski definition) is 0. The minimum atomic E-state index is -0.371. The summed E-state index contributed by atoms with van der Waals surface area (Å²) in [5.41, 5.74) is 1.36. The van der Waals surface area contributed by atoms with E-state index in [-0.39, 0.29) is 18.2 Å². The fourth-order valence-electron chi connectivity index (χ4n) is 1.45. The molecule has 0 spiro atoms. The molecule has 1 fully saturated rings. The highest BCUT2D eigenvalue weighted by molar-refractivity contribution is 5.87. The molecule has 0 aliphatic carbocycles. The summed E-state index contributed by atoms with van der Waals surface area (Å²) in [6.07, 6.45) is -0.323. The average molecular weight is 218 g/mol. The zero-order chi connectivity index (χ0) is 11.5. The highest BCUT2D eigenvalue weighted by atomic mass is 16.6. The number of benzene rings is 1. The van der Waals surface area contributed by atoms with E-state index in [9.17, 15) is 4.79 Å². The van der Waals surface area contributed by atoms with Crippen molar-refractivity contribution < 1.29 is 14.3 Å². The van der Waals surface area contributed by atoms with Crippen LogP contribution < -0.4 is 0 Å². The molecule has 0 aromatic heterocycles. The Hall–Kier alpha value is -1.61. The highest BCUT2D eigenvalue weighted by Crippen LogP contribution is 2.31. The third kappa shape index (κ3) is 2.49. The lowest BCUT2D eigenvalue weighted by Crippen LogP contribution is -2.16. The molecule has 2 rings (SSSR count). The third-order valence-electron chi connectivity index (χ3n) is 2.41. The largest absolute Gasteiger partial charge is 0.451 e. The molecule has 0 radical (unpaired) electrons. The van der Waals surface area contributed by atoms with Gasteiger partial charge < -0.3 is 9.47 Å². The predicted molar refractivity (Wildman–Crippen MR) is 59.8 cm³/mol. The molecule has 2 atom stereocenters. The lowest BCUT2D eigenvalue weighted by molar-refractivity contribution is -0.145. The maximum atomic E-state index is 11.5. The third-order valence-corrected chi connectivity index (χ3v) is 2.41. The van der Waals surface area contributed by atoms with Gasteiger partial charge in [0.2, 0.25) is 0 Å². The van der Waals surface area contributed by atoms with Gasteiger partial charge in [-0.1, -0.05) is 36.9 Å². The second kappa shape index (κ2) is 4.49. The van der Waals surface area contributed by atoms with Crippen LogP contribution in [-0.2, 0) is 14.3 Å². The molecule has 1 aliphatic heterocycles. The molecule has 3 heteroatoms. The Balaban J connectivity index is 2.12.